The third-order valence-electron chi connectivity index (χ3n) is 4.52. The third-order valence-corrected chi connectivity index (χ3v) is 4.52. The van der Waals surface area contributed by atoms with E-state index in [1.807, 2.05) is 49.5 Å². The quantitative estimate of drug-likeness (QED) is 0.654. The Bertz CT molecular complexity index is 898. The van der Waals surface area contributed by atoms with Gasteiger partial charge in [0.2, 0.25) is 0 Å². The van der Waals surface area contributed by atoms with Crippen LogP contribution in [0.3, 0.4) is 0 Å². The van der Waals surface area contributed by atoms with Gasteiger partial charge in [0.05, 0.1) is 24.6 Å². The van der Waals surface area contributed by atoms with Gasteiger partial charge in [-0.15, -0.1) is 0 Å². The van der Waals surface area contributed by atoms with Crippen molar-refractivity contribution in [2.75, 3.05) is 25.6 Å². The molecule has 0 bridgehead atoms. The topological polar surface area (TPSA) is 67.3 Å². The van der Waals surface area contributed by atoms with E-state index in [2.05, 4.69) is 20.2 Å². The number of ether oxygens (including phenoxy) is 1. The van der Waals surface area contributed by atoms with Crippen molar-refractivity contribution in [2.24, 2.45) is 0 Å². The molecule has 3 aromatic rings. The van der Waals surface area contributed by atoms with E-state index in [-0.39, 0.29) is 5.91 Å². The lowest BCUT2D eigenvalue weighted by Crippen LogP contribution is -2.24. The Morgan fingerprint density at radius 2 is 1.79 bits per heavy atom. The monoisotopic (exact) mass is 376 g/mol. The molecule has 0 fully saturated rings. The van der Waals surface area contributed by atoms with Gasteiger partial charge in [-0.3, -0.25) is 14.8 Å². The molecule has 0 saturated heterocycles. The van der Waals surface area contributed by atoms with E-state index >= 15 is 0 Å². The van der Waals surface area contributed by atoms with Crippen LogP contribution >= 0.6 is 0 Å². The van der Waals surface area contributed by atoms with Crippen LogP contribution in [0.1, 0.15) is 21.5 Å². The number of likely N-dealkylation sites (N-methyl/N-ethyl adjacent to an activating group) is 1. The van der Waals surface area contributed by atoms with E-state index in [1.54, 1.807) is 31.9 Å². The van der Waals surface area contributed by atoms with Crippen molar-refractivity contribution >= 4 is 11.6 Å². The number of benzene rings is 1. The van der Waals surface area contributed by atoms with Crippen molar-refractivity contribution in [1.82, 2.24) is 15.3 Å². The molecular weight excluding hydrogens is 352 g/mol. The van der Waals surface area contributed by atoms with Gasteiger partial charge in [-0.1, -0.05) is 12.1 Å². The number of aromatic nitrogens is 2. The predicted molar refractivity (Wildman–Crippen MR) is 110 cm³/mol. The van der Waals surface area contributed by atoms with Crippen molar-refractivity contribution in [3.63, 3.8) is 0 Å². The average Bonchev–Trinajstić information content (AvgIpc) is 2.77. The Kier molecular flexibility index (Phi) is 6.57. The first-order valence-corrected chi connectivity index (χ1v) is 9.12. The molecule has 1 N–H and O–H groups in total. The number of carbonyl (C=O) groups excluding carboxylic acids is 1. The van der Waals surface area contributed by atoms with Gasteiger partial charge in [-0.2, -0.15) is 0 Å². The van der Waals surface area contributed by atoms with E-state index < -0.39 is 0 Å². The number of methoxy groups -OCH3 is 1. The van der Waals surface area contributed by atoms with Gasteiger partial charge in [-0.25, -0.2) is 0 Å². The van der Waals surface area contributed by atoms with Crippen LogP contribution in [0, 0.1) is 0 Å². The maximum Gasteiger partial charge on any atom is 0.253 e. The highest BCUT2D eigenvalue weighted by Crippen LogP contribution is 2.15. The maximum absolute atomic E-state index is 12.5. The van der Waals surface area contributed by atoms with E-state index in [0.717, 1.165) is 30.0 Å². The first-order valence-electron chi connectivity index (χ1n) is 9.12. The number of hydrogen-bond acceptors (Lipinski definition) is 5. The Morgan fingerprint density at radius 1 is 1.04 bits per heavy atom. The Hall–Kier alpha value is -3.41. The molecule has 0 aliphatic rings. The summed E-state index contributed by atoms with van der Waals surface area (Å²) in [6, 6.07) is 13.5. The van der Waals surface area contributed by atoms with Crippen molar-refractivity contribution in [3.05, 3.63) is 83.9 Å². The van der Waals surface area contributed by atoms with Gasteiger partial charge in [0.1, 0.15) is 5.75 Å². The van der Waals surface area contributed by atoms with Crippen molar-refractivity contribution in [1.29, 1.82) is 0 Å². The predicted octanol–water partition coefficient (Wildman–Crippen LogP) is 3.09. The normalized spacial score (nSPS) is 10.4. The molecule has 6 nitrogen and oxygen atoms in total. The van der Waals surface area contributed by atoms with Crippen LogP contribution in [0.2, 0.25) is 0 Å². The summed E-state index contributed by atoms with van der Waals surface area (Å²) >= 11 is 0. The molecule has 3 rings (SSSR count). The van der Waals surface area contributed by atoms with Crippen molar-refractivity contribution in [2.45, 2.75) is 13.0 Å². The molecule has 0 unspecified atom stereocenters. The van der Waals surface area contributed by atoms with E-state index in [0.29, 0.717) is 12.1 Å². The lowest BCUT2D eigenvalue weighted by atomic mass is 10.2. The third kappa shape index (κ3) is 5.30. The largest absolute Gasteiger partial charge is 0.497 e. The summed E-state index contributed by atoms with van der Waals surface area (Å²) < 4.78 is 5.14. The lowest BCUT2D eigenvalue weighted by Gasteiger charge is -2.19. The minimum atomic E-state index is -0.146. The van der Waals surface area contributed by atoms with Gasteiger partial charge in [0.25, 0.3) is 5.91 Å². The molecular formula is C22H24N4O2. The van der Waals surface area contributed by atoms with Crippen LogP contribution in [0.25, 0.3) is 0 Å². The average molecular weight is 376 g/mol. The van der Waals surface area contributed by atoms with Crippen LogP contribution < -0.4 is 15.0 Å². The second-order valence-corrected chi connectivity index (χ2v) is 6.49. The van der Waals surface area contributed by atoms with Gasteiger partial charge < -0.3 is 15.0 Å². The smallest absolute Gasteiger partial charge is 0.253 e. The highest BCUT2D eigenvalue weighted by Gasteiger charge is 2.09. The van der Waals surface area contributed by atoms with Crippen LogP contribution in [-0.2, 0) is 13.0 Å². The van der Waals surface area contributed by atoms with Crippen LogP contribution in [-0.4, -0.2) is 36.6 Å². The second-order valence-electron chi connectivity index (χ2n) is 6.49. The number of nitrogens with zero attached hydrogens (tertiary/aromatic N) is 3. The Morgan fingerprint density at radius 3 is 2.50 bits per heavy atom. The molecule has 2 heterocycles. The fourth-order valence-electron chi connectivity index (χ4n) is 2.76. The number of carbonyl (C=O) groups is 1. The fraction of sp³-hybridized carbons (Fsp3) is 0.227. The van der Waals surface area contributed by atoms with E-state index in [1.165, 1.54) is 5.56 Å². The molecule has 144 valence electrons. The zero-order valence-electron chi connectivity index (χ0n) is 16.1. The van der Waals surface area contributed by atoms with Gasteiger partial charge in [0.15, 0.2) is 0 Å². The molecule has 0 atom stereocenters. The van der Waals surface area contributed by atoms with E-state index in [4.69, 9.17) is 4.74 Å². The molecule has 28 heavy (non-hydrogen) atoms. The highest BCUT2D eigenvalue weighted by atomic mass is 16.5. The second kappa shape index (κ2) is 9.50. The summed E-state index contributed by atoms with van der Waals surface area (Å²) in [4.78, 5) is 22.9. The molecule has 1 aromatic carbocycles. The molecule has 0 spiro atoms. The number of nitrogens with one attached hydrogen (secondary N) is 1. The molecule has 0 aliphatic heterocycles. The minimum Gasteiger partial charge on any atom is -0.497 e. The molecule has 0 saturated carbocycles. The van der Waals surface area contributed by atoms with Gasteiger partial charge in [0, 0.05) is 38.7 Å². The van der Waals surface area contributed by atoms with Gasteiger partial charge >= 0.3 is 0 Å². The summed E-state index contributed by atoms with van der Waals surface area (Å²) in [6.45, 7) is 1.27. The van der Waals surface area contributed by atoms with Crippen molar-refractivity contribution in [3.8, 4) is 5.75 Å². The number of anilines is 1. The Balaban J connectivity index is 1.57. The highest BCUT2D eigenvalue weighted by molar-refractivity contribution is 5.94. The summed E-state index contributed by atoms with van der Waals surface area (Å²) in [6.07, 6.45) is 7.85. The summed E-state index contributed by atoms with van der Waals surface area (Å²) in [5.74, 6) is 0.648. The number of amides is 1. The first kappa shape index (κ1) is 19.4. The fourth-order valence-corrected chi connectivity index (χ4v) is 2.76. The van der Waals surface area contributed by atoms with E-state index in [9.17, 15) is 4.79 Å². The van der Waals surface area contributed by atoms with Gasteiger partial charge in [-0.05, 0) is 47.9 Å². The Labute approximate surface area is 165 Å². The molecule has 2 aromatic heterocycles. The maximum atomic E-state index is 12.5. The summed E-state index contributed by atoms with van der Waals surface area (Å²) in [5.41, 5.74) is 3.68. The summed E-state index contributed by atoms with van der Waals surface area (Å²) in [5, 5.41) is 2.93. The zero-order valence-corrected chi connectivity index (χ0v) is 16.1. The minimum absolute atomic E-state index is 0.146. The van der Waals surface area contributed by atoms with Crippen LogP contribution in [0.5, 0.6) is 5.75 Å². The molecule has 6 heteroatoms. The SMILES string of the molecule is COc1ccc(CNC(=O)c2cncc(N(C)CCc3ccncc3)c2)cc1. The lowest BCUT2D eigenvalue weighted by molar-refractivity contribution is 0.0950. The zero-order chi connectivity index (χ0) is 19.8. The molecule has 1 amide bonds. The standard InChI is InChI=1S/C22H24N4O2/c1-26(12-9-17-7-10-23-11-8-17)20-13-19(15-24-16-20)22(27)25-14-18-3-5-21(28-2)6-4-18/h3-8,10-11,13,15-16H,9,12,14H2,1-2H3,(H,25,27). The molecule has 0 radical (unpaired) electrons. The number of pyridine rings is 2. The first-order chi connectivity index (χ1) is 13.7. The van der Waals surface area contributed by atoms with Crippen LogP contribution in [0.15, 0.2) is 67.3 Å². The molecule has 0 aliphatic carbocycles. The van der Waals surface area contributed by atoms with Crippen LogP contribution in [0.4, 0.5) is 5.69 Å². The van der Waals surface area contributed by atoms with Crippen molar-refractivity contribution < 1.29 is 9.53 Å². The summed E-state index contributed by atoms with van der Waals surface area (Å²) in [7, 11) is 3.63. The number of rotatable bonds is 8. The number of hydrogen-bond donors (Lipinski definition) is 1.